The lowest BCUT2D eigenvalue weighted by Gasteiger charge is -2.41. The summed E-state index contributed by atoms with van der Waals surface area (Å²) in [4.78, 5) is 7.73. The molecule has 0 spiro atoms. The molecular formula is C25H31BrF6N4. The molecule has 1 saturated heterocycles. The van der Waals surface area contributed by atoms with Crippen molar-refractivity contribution in [3.8, 4) is 0 Å². The molecule has 3 rings (SSSR count). The summed E-state index contributed by atoms with van der Waals surface area (Å²) < 4.78 is 81.4. The van der Waals surface area contributed by atoms with Crippen molar-refractivity contribution in [2.75, 3.05) is 63.7 Å². The molecule has 1 fully saturated rings. The van der Waals surface area contributed by atoms with Crippen LogP contribution in [0.2, 0.25) is 0 Å². The smallest absolute Gasteiger partial charge is 0.373 e. The zero-order valence-corrected chi connectivity index (χ0v) is 22.3. The van der Waals surface area contributed by atoms with E-state index in [4.69, 9.17) is 0 Å². The van der Waals surface area contributed by atoms with Gasteiger partial charge < -0.3 is 14.7 Å². The fourth-order valence-electron chi connectivity index (χ4n) is 4.31. The van der Waals surface area contributed by atoms with E-state index in [9.17, 15) is 26.3 Å². The molecule has 4 nitrogen and oxygen atoms in total. The second kappa shape index (κ2) is 11.2. The number of anilines is 2. The first-order valence-electron chi connectivity index (χ1n) is 11.6. The Morgan fingerprint density at radius 2 is 1.56 bits per heavy atom. The predicted molar refractivity (Wildman–Crippen MR) is 134 cm³/mol. The second-order valence-corrected chi connectivity index (χ2v) is 10.3. The molecule has 0 aromatic heterocycles. The minimum Gasteiger partial charge on any atom is -0.373 e. The summed E-state index contributed by atoms with van der Waals surface area (Å²) in [6, 6.07) is 8.18. The van der Waals surface area contributed by atoms with Gasteiger partial charge in [0.15, 0.2) is 0 Å². The minimum atomic E-state index is -4.49. The van der Waals surface area contributed by atoms with Gasteiger partial charge in [0.2, 0.25) is 0 Å². The number of likely N-dealkylation sites (N-methyl/N-ethyl adjacent to an activating group) is 2. The highest BCUT2D eigenvalue weighted by Gasteiger charge is 2.36. The monoisotopic (exact) mass is 580 g/mol. The van der Waals surface area contributed by atoms with Crippen molar-refractivity contribution in [2.24, 2.45) is 0 Å². The molecule has 200 valence electrons. The Hall–Kier alpha value is -1.98. The summed E-state index contributed by atoms with van der Waals surface area (Å²) in [5, 5.41) is 0. The maximum absolute atomic E-state index is 13.8. The van der Waals surface area contributed by atoms with Crippen LogP contribution >= 0.6 is 15.9 Å². The number of hydrogen-bond acceptors (Lipinski definition) is 4. The highest BCUT2D eigenvalue weighted by atomic mass is 79.9. The van der Waals surface area contributed by atoms with Crippen molar-refractivity contribution >= 4 is 27.3 Å². The van der Waals surface area contributed by atoms with Gasteiger partial charge >= 0.3 is 12.4 Å². The van der Waals surface area contributed by atoms with E-state index in [0.29, 0.717) is 37.6 Å². The molecule has 0 bridgehead atoms. The Morgan fingerprint density at radius 3 is 2.14 bits per heavy atom. The lowest BCUT2D eigenvalue weighted by Crippen LogP contribution is -2.51. The quantitative estimate of drug-likeness (QED) is 0.362. The van der Waals surface area contributed by atoms with E-state index >= 15 is 0 Å². The fraction of sp³-hybridized carbons (Fsp3) is 0.520. The molecule has 0 saturated carbocycles. The standard InChI is InChI=1S/C25H31BrF6N4/c1-17-15-36(20-6-8-23(26)22(14-20)25(30,31)32)12-11-35(17)16-18-13-19(34(4)10-9-33(2)3)5-7-21(18)24(27,28)29/h5-8,13-14,17H,9-12,15-16H2,1-4H3. The summed E-state index contributed by atoms with van der Waals surface area (Å²) in [5.74, 6) is 0. The zero-order chi connectivity index (χ0) is 26.8. The fourth-order valence-corrected chi connectivity index (χ4v) is 4.79. The average Bonchev–Trinajstić information content (AvgIpc) is 2.77. The molecule has 2 aromatic carbocycles. The zero-order valence-electron chi connectivity index (χ0n) is 20.7. The Bertz CT molecular complexity index is 1040. The molecule has 0 aliphatic carbocycles. The average molecular weight is 581 g/mol. The normalized spacial score (nSPS) is 17.7. The van der Waals surface area contributed by atoms with Gasteiger partial charge in [0.1, 0.15) is 0 Å². The van der Waals surface area contributed by atoms with Gasteiger partial charge in [-0.3, -0.25) is 4.90 Å². The molecule has 0 N–H and O–H groups in total. The van der Waals surface area contributed by atoms with Crippen LogP contribution in [0.1, 0.15) is 23.6 Å². The third-order valence-corrected chi connectivity index (χ3v) is 7.17. The van der Waals surface area contributed by atoms with Crippen LogP contribution in [0, 0.1) is 0 Å². The molecule has 36 heavy (non-hydrogen) atoms. The number of nitrogens with zero attached hydrogens (tertiary/aromatic N) is 4. The summed E-state index contributed by atoms with van der Waals surface area (Å²) >= 11 is 2.96. The van der Waals surface area contributed by atoms with Crippen molar-refractivity contribution in [3.63, 3.8) is 0 Å². The van der Waals surface area contributed by atoms with Crippen LogP contribution in [-0.2, 0) is 18.9 Å². The van der Waals surface area contributed by atoms with Gasteiger partial charge in [-0.1, -0.05) is 15.9 Å². The molecule has 1 aliphatic heterocycles. The topological polar surface area (TPSA) is 13.0 Å². The van der Waals surface area contributed by atoms with Gasteiger partial charge in [0.05, 0.1) is 11.1 Å². The molecule has 1 unspecified atom stereocenters. The van der Waals surface area contributed by atoms with Crippen LogP contribution in [0.3, 0.4) is 0 Å². The van der Waals surface area contributed by atoms with Crippen LogP contribution < -0.4 is 9.80 Å². The van der Waals surface area contributed by atoms with Crippen LogP contribution in [0.5, 0.6) is 0 Å². The molecule has 11 heteroatoms. The number of piperazine rings is 1. The van der Waals surface area contributed by atoms with Crippen LogP contribution in [0.25, 0.3) is 0 Å². The first-order valence-corrected chi connectivity index (χ1v) is 12.4. The Labute approximate surface area is 216 Å². The van der Waals surface area contributed by atoms with Crippen molar-refractivity contribution in [1.82, 2.24) is 9.80 Å². The molecule has 2 aromatic rings. The third-order valence-electron chi connectivity index (χ3n) is 6.48. The van der Waals surface area contributed by atoms with Gasteiger partial charge in [-0.25, -0.2) is 0 Å². The highest BCUT2D eigenvalue weighted by Crippen LogP contribution is 2.38. The van der Waals surface area contributed by atoms with Gasteiger partial charge in [-0.05, 0) is 63.0 Å². The van der Waals surface area contributed by atoms with Crippen LogP contribution in [0.4, 0.5) is 37.7 Å². The van der Waals surface area contributed by atoms with Crippen molar-refractivity contribution in [3.05, 3.63) is 57.6 Å². The highest BCUT2D eigenvalue weighted by molar-refractivity contribution is 9.10. The van der Waals surface area contributed by atoms with Gasteiger partial charge in [-0.2, -0.15) is 26.3 Å². The summed E-state index contributed by atoms with van der Waals surface area (Å²) in [7, 11) is 5.72. The summed E-state index contributed by atoms with van der Waals surface area (Å²) in [5.41, 5.74) is -0.0667. The van der Waals surface area contributed by atoms with Crippen molar-refractivity contribution in [2.45, 2.75) is 31.9 Å². The SMILES string of the molecule is CC1CN(c2ccc(Br)c(C(F)(F)F)c2)CCN1Cc1cc(N(C)CCN(C)C)ccc1C(F)(F)F. The number of hydrogen-bond donors (Lipinski definition) is 0. The Balaban J connectivity index is 1.78. The summed E-state index contributed by atoms with van der Waals surface area (Å²) in [6.07, 6.45) is -8.96. The number of alkyl halides is 6. The largest absolute Gasteiger partial charge is 0.417 e. The number of halogens is 7. The van der Waals surface area contributed by atoms with E-state index in [1.165, 1.54) is 12.1 Å². The number of rotatable bonds is 7. The summed E-state index contributed by atoms with van der Waals surface area (Å²) in [6.45, 7) is 4.66. The lowest BCUT2D eigenvalue weighted by molar-refractivity contribution is -0.139. The molecular weight excluding hydrogens is 550 g/mol. The molecule has 1 aliphatic rings. The second-order valence-electron chi connectivity index (χ2n) is 9.49. The maximum atomic E-state index is 13.8. The van der Waals surface area contributed by atoms with Crippen LogP contribution in [0.15, 0.2) is 40.9 Å². The molecule has 1 atom stereocenters. The van der Waals surface area contributed by atoms with E-state index in [1.54, 1.807) is 12.1 Å². The van der Waals surface area contributed by atoms with Crippen LogP contribution in [-0.4, -0.2) is 69.7 Å². The molecule has 0 radical (unpaired) electrons. The van der Waals surface area contributed by atoms with E-state index in [0.717, 1.165) is 18.7 Å². The molecule has 1 heterocycles. The first-order chi connectivity index (χ1) is 16.7. The molecule has 0 amide bonds. The van der Waals surface area contributed by atoms with E-state index in [1.807, 2.05) is 47.7 Å². The lowest BCUT2D eigenvalue weighted by atomic mass is 10.0. The van der Waals surface area contributed by atoms with E-state index in [2.05, 4.69) is 15.9 Å². The van der Waals surface area contributed by atoms with Gasteiger partial charge in [0.25, 0.3) is 0 Å². The first kappa shape index (κ1) is 28.6. The third kappa shape index (κ3) is 7.07. The Morgan fingerprint density at radius 1 is 0.889 bits per heavy atom. The predicted octanol–water partition coefficient (Wildman–Crippen LogP) is 6.20. The van der Waals surface area contributed by atoms with Crippen molar-refractivity contribution < 1.29 is 26.3 Å². The Kier molecular flexibility index (Phi) is 8.88. The van der Waals surface area contributed by atoms with Gasteiger partial charge in [-0.15, -0.1) is 0 Å². The minimum absolute atomic E-state index is 0.0273. The van der Waals surface area contributed by atoms with Crippen molar-refractivity contribution in [1.29, 1.82) is 0 Å². The van der Waals surface area contributed by atoms with E-state index < -0.39 is 23.5 Å². The van der Waals surface area contributed by atoms with Gasteiger partial charge in [0, 0.05) is 68.2 Å². The maximum Gasteiger partial charge on any atom is 0.417 e. The number of benzene rings is 2. The van der Waals surface area contributed by atoms with E-state index in [-0.39, 0.29) is 22.6 Å².